The molecule has 0 bridgehead atoms. The molecular weight excluding hydrogens is 172 g/mol. The minimum absolute atomic E-state index is 0.477. The molecule has 0 amide bonds. The van der Waals surface area contributed by atoms with Crippen molar-refractivity contribution in [1.82, 2.24) is 0 Å². The summed E-state index contributed by atoms with van der Waals surface area (Å²) >= 11 is 0. The van der Waals surface area contributed by atoms with Crippen molar-refractivity contribution < 1.29 is 0 Å². The molecule has 0 N–H and O–H groups in total. The maximum atomic E-state index is 4.04. The quantitative estimate of drug-likeness (QED) is 0.651. The highest BCUT2D eigenvalue weighted by molar-refractivity contribution is 5.89. The van der Waals surface area contributed by atoms with Crippen LogP contribution in [0.5, 0.6) is 0 Å². The fourth-order valence-corrected chi connectivity index (χ4v) is 1.48. The molecule has 0 saturated heterocycles. The second-order valence-corrected chi connectivity index (χ2v) is 3.48. The third-order valence-corrected chi connectivity index (χ3v) is 2.17. The minimum Gasteiger partial charge on any atom is -0.296 e. The third kappa shape index (κ3) is 2.08. The van der Waals surface area contributed by atoms with Crippen molar-refractivity contribution in [3.05, 3.63) is 29.3 Å². The standard InChI is InChI=1S/C12H16N2/c1-9(2)10-6-5-7-12(14-4)11(10)8-13-3/h5-9H,4H2,1-3H3/b13-8-. The first kappa shape index (κ1) is 10.6. The van der Waals surface area contributed by atoms with Crippen LogP contribution in [0, 0.1) is 0 Å². The average molecular weight is 188 g/mol. The van der Waals surface area contributed by atoms with Gasteiger partial charge in [-0.1, -0.05) is 26.0 Å². The third-order valence-electron chi connectivity index (χ3n) is 2.17. The molecule has 74 valence electrons. The first-order chi connectivity index (χ1) is 6.70. The van der Waals surface area contributed by atoms with Gasteiger partial charge in [0, 0.05) is 18.8 Å². The van der Waals surface area contributed by atoms with Gasteiger partial charge in [-0.2, -0.15) is 0 Å². The topological polar surface area (TPSA) is 24.7 Å². The van der Waals surface area contributed by atoms with E-state index in [4.69, 9.17) is 0 Å². The van der Waals surface area contributed by atoms with Crippen molar-refractivity contribution in [2.24, 2.45) is 9.98 Å². The molecule has 0 saturated carbocycles. The van der Waals surface area contributed by atoms with E-state index in [1.807, 2.05) is 18.3 Å². The second-order valence-electron chi connectivity index (χ2n) is 3.48. The van der Waals surface area contributed by atoms with Crippen molar-refractivity contribution in [2.75, 3.05) is 7.05 Å². The minimum atomic E-state index is 0.477. The SMILES string of the molecule is C=Nc1cccc(C(C)C)c1/C=N\C. The average Bonchev–Trinajstić information content (AvgIpc) is 2.18. The highest BCUT2D eigenvalue weighted by atomic mass is 14.7. The van der Waals surface area contributed by atoms with E-state index in [0.717, 1.165) is 11.3 Å². The van der Waals surface area contributed by atoms with Crippen molar-refractivity contribution in [1.29, 1.82) is 0 Å². The Hall–Kier alpha value is -1.44. The number of aliphatic imine (C=N–C) groups is 2. The van der Waals surface area contributed by atoms with Gasteiger partial charge >= 0.3 is 0 Å². The summed E-state index contributed by atoms with van der Waals surface area (Å²) in [6, 6.07) is 6.07. The van der Waals surface area contributed by atoms with Crippen LogP contribution in [0.1, 0.15) is 30.9 Å². The summed E-state index contributed by atoms with van der Waals surface area (Å²) in [5, 5.41) is 0. The Kier molecular flexibility index (Phi) is 3.57. The van der Waals surface area contributed by atoms with Crippen LogP contribution in [0.4, 0.5) is 5.69 Å². The highest BCUT2D eigenvalue weighted by Crippen LogP contribution is 2.26. The number of hydrogen-bond acceptors (Lipinski definition) is 2. The Balaban J connectivity index is 3.34. The fourth-order valence-electron chi connectivity index (χ4n) is 1.48. The molecule has 0 fully saturated rings. The normalized spacial score (nSPS) is 11.1. The van der Waals surface area contributed by atoms with E-state index < -0.39 is 0 Å². The van der Waals surface area contributed by atoms with E-state index >= 15 is 0 Å². The molecule has 0 unspecified atom stereocenters. The van der Waals surface area contributed by atoms with Crippen LogP contribution >= 0.6 is 0 Å². The van der Waals surface area contributed by atoms with E-state index in [1.165, 1.54) is 5.56 Å². The number of nitrogens with zero attached hydrogens (tertiary/aromatic N) is 2. The second kappa shape index (κ2) is 4.70. The molecule has 0 aliphatic heterocycles. The highest BCUT2D eigenvalue weighted by Gasteiger charge is 2.07. The van der Waals surface area contributed by atoms with Crippen LogP contribution in [-0.2, 0) is 0 Å². The summed E-state index contributed by atoms with van der Waals surface area (Å²) in [4.78, 5) is 8.04. The van der Waals surface area contributed by atoms with E-state index in [0.29, 0.717) is 5.92 Å². The molecule has 14 heavy (non-hydrogen) atoms. The molecule has 0 heterocycles. The van der Waals surface area contributed by atoms with Crippen molar-refractivity contribution >= 4 is 18.6 Å². The lowest BCUT2D eigenvalue weighted by molar-refractivity contribution is 0.865. The molecular formula is C12H16N2. The van der Waals surface area contributed by atoms with Gasteiger partial charge < -0.3 is 0 Å². The lowest BCUT2D eigenvalue weighted by atomic mass is 9.96. The van der Waals surface area contributed by atoms with Gasteiger partial charge in [0.15, 0.2) is 0 Å². The van der Waals surface area contributed by atoms with E-state index in [9.17, 15) is 0 Å². The maximum Gasteiger partial charge on any atom is 0.0712 e. The van der Waals surface area contributed by atoms with Crippen LogP contribution in [0.3, 0.4) is 0 Å². The van der Waals surface area contributed by atoms with Crippen molar-refractivity contribution in [3.8, 4) is 0 Å². The largest absolute Gasteiger partial charge is 0.296 e. The van der Waals surface area contributed by atoms with Crippen LogP contribution < -0.4 is 0 Å². The Morgan fingerprint density at radius 3 is 2.57 bits per heavy atom. The van der Waals surface area contributed by atoms with Gasteiger partial charge in [-0.3, -0.25) is 9.98 Å². The molecule has 1 rings (SSSR count). The van der Waals surface area contributed by atoms with Gasteiger partial charge in [0.1, 0.15) is 0 Å². The maximum absolute atomic E-state index is 4.04. The molecule has 2 nitrogen and oxygen atoms in total. The van der Waals surface area contributed by atoms with Crippen LogP contribution in [-0.4, -0.2) is 20.0 Å². The van der Waals surface area contributed by atoms with Gasteiger partial charge in [-0.25, -0.2) is 0 Å². The summed E-state index contributed by atoms with van der Waals surface area (Å²) in [5.74, 6) is 0.477. The lowest BCUT2D eigenvalue weighted by Crippen LogP contribution is -1.95. The van der Waals surface area contributed by atoms with Crippen LogP contribution in [0.15, 0.2) is 28.2 Å². The zero-order valence-electron chi connectivity index (χ0n) is 8.99. The van der Waals surface area contributed by atoms with Gasteiger partial charge in [0.2, 0.25) is 0 Å². The van der Waals surface area contributed by atoms with Gasteiger partial charge in [-0.15, -0.1) is 0 Å². The molecule has 0 aliphatic carbocycles. The molecule has 0 atom stereocenters. The van der Waals surface area contributed by atoms with E-state index in [-0.39, 0.29) is 0 Å². The smallest absolute Gasteiger partial charge is 0.0712 e. The number of hydrogen-bond donors (Lipinski definition) is 0. The first-order valence-corrected chi connectivity index (χ1v) is 4.72. The molecule has 0 aromatic heterocycles. The Labute approximate surface area is 85.4 Å². The van der Waals surface area contributed by atoms with Crippen LogP contribution in [0.25, 0.3) is 0 Å². The summed E-state index contributed by atoms with van der Waals surface area (Å²) in [6.45, 7) is 7.89. The van der Waals surface area contributed by atoms with Gasteiger partial charge in [-0.05, 0) is 24.3 Å². The molecule has 1 aromatic carbocycles. The molecule has 1 aromatic rings. The predicted molar refractivity (Wildman–Crippen MR) is 63.3 cm³/mol. The number of benzene rings is 1. The van der Waals surface area contributed by atoms with Crippen LogP contribution in [0.2, 0.25) is 0 Å². The summed E-state index contributed by atoms with van der Waals surface area (Å²) < 4.78 is 0. The van der Waals surface area contributed by atoms with Crippen molar-refractivity contribution in [3.63, 3.8) is 0 Å². The predicted octanol–water partition coefficient (Wildman–Crippen LogP) is 3.19. The zero-order chi connectivity index (χ0) is 10.6. The van der Waals surface area contributed by atoms with Gasteiger partial charge in [0.25, 0.3) is 0 Å². The Morgan fingerprint density at radius 1 is 1.36 bits per heavy atom. The zero-order valence-corrected chi connectivity index (χ0v) is 8.99. The fraction of sp³-hybridized carbons (Fsp3) is 0.333. The Bertz CT molecular complexity index is 351. The molecule has 0 radical (unpaired) electrons. The summed E-state index contributed by atoms with van der Waals surface area (Å²) in [5.41, 5.74) is 3.25. The van der Waals surface area contributed by atoms with E-state index in [2.05, 4.69) is 36.6 Å². The molecule has 2 heteroatoms. The number of rotatable bonds is 3. The summed E-state index contributed by atoms with van der Waals surface area (Å²) in [6.07, 6.45) is 1.85. The Morgan fingerprint density at radius 2 is 2.07 bits per heavy atom. The van der Waals surface area contributed by atoms with E-state index in [1.54, 1.807) is 7.05 Å². The van der Waals surface area contributed by atoms with Crippen molar-refractivity contribution in [2.45, 2.75) is 19.8 Å². The first-order valence-electron chi connectivity index (χ1n) is 4.72. The molecule has 0 spiro atoms. The lowest BCUT2D eigenvalue weighted by Gasteiger charge is -2.11. The summed E-state index contributed by atoms with van der Waals surface area (Å²) in [7, 11) is 1.77. The monoisotopic (exact) mass is 188 g/mol. The molecule has 0 aliphatic rings. The van der Waals surface area contributed by atoms with Gasteiger partial charge in [0.05, 0.1) is 5.69 Å².